The third-order valence-electron chi connectivity index (χ3n) is 4.23. The van der Waals surface area contributed by atoms with E-state index in [1.807, 2.05) is 24.1 Å². The van der Waals surface area contributed by atoms with E-state index < -0.39 is 5.82 Å². The Labute approximate surface area is 140 Å². The lowest BCUT2D eigenvalue weighted by Crippen LogP contribution is -2.32. The van der Waals surface area contributed by atoms with Crippen LogP contribution in [0.15, 0.2) is 42.5 Å². The highest BCUT2D eigenvalue weighted by molar-refractivity contribution is 6.30. The van der Waals surface area contributed by atoms with E-state index >= 15 is 0 Å². The Bertz CT molecular complexity index is 735. The molecular weight excluding hydrogens is 315 g/mol. The molecule has 23 heavy (non-hydrogen) atoms. The van der Waals surface area contributed by atoms with Crippen LogP contribution in [-0.2, 0) is 11.2 Å². The van der Waals surface area contributed by atoms with Gasteiger partial charge in [-0.2, -0.15) is 0 Å². The molecule has 0 saturated carbocycles. The lowest BCUT2D eigenvalue weighted by Gasteiger charge is -2.24. The SMILES string of the molecule is CN(CC(=O)Nc1ccc(Cl)cc1F)C1CCc2ccccc21. The quantitative estimate of drug-likeness (QED) is 0.916. The van der Waals surface area contributed by atoms with Crippen molar-refractivity contribution in [3.8, 4) is 0 Å². The van der Waals surface area contributed by atoms with Crippen molar-refractivity contribution in [2.24, 2.45) is 0 Å². The first kappa shape index (κ1) is 16.0. The van der Waals surface area contributed by atoms with Crippen molar-refractivity contribution in [1.82, 2.24) is 4.90 Å². The van der Waals surface area contributed by atoms with E-state index in [9.17, 15) is 9.18 Å². The number of amides is 1. The van der Waals surface area contributed by atoms with Crippen LogP contribution in [0.1, 0.15) is 23.6 Å². The average Bonchev–Trinajstić information content (AvgIpc) is 2.94. The second-order valence-corrected chi connectivity index (χ2v) is 6.28. The summed E-state index contributed by atoms with van der Waals surface area (Å²) in [4.78, 5) is 14.2. The predicted octanol–water partition coefficient (Wildman–Crippen LogP) is 4.04. The van der Waals surface area contributed by atoms with E-state index in [-0.39, 0.29) is 24.2 Å². The summed E-state index contributed by atoms with van der Waals surface area (Å²) in [6.45, 7) is 0.209. The lowest BCUT2D eigenvalue weighted by molar-refractivity contribution is -0.117. The lowest BCUT2D eigenvalue weighted by atomic mass is 10.1. The minimum absolute atomic E-state index is 0.152. The molecule has 2 aromatic carbocycles. The van der Waals surface area contributed by atoms with E-state index in [1.165, 1.54) is 23.3 Å². The Morgan fingerprint density at radius 2 is 2.13 bits per heavy atom. The Balaban J connectivity index is 1.64. The molecule has 3 rings (SSSR count). The number of carbonyl (C=O) groups excluding carboxylic acids is 1. The number of hydrogen-bond acceptors (Lipinski definition) is 2. The molecule has 0 spiro atoms. The van der Waals surface area contributed by atoms with Gasteiger partial charge in [-0.15, -0.1) is 0 Å². The number of aryl methyl sites for hydroxylation is 1. The monoisotopic (exact) mass is 332 g/mol. The predicted molar refractivity (Wildman–Crippen MR) is 90.2 cm³/mol. The normalized spacial score (nSPS) is 16.4. The molecule has 0 radical (unpaired) electrons. The molecule has 0 fully saturated rings. The molecule has 1 aliphatic carbocycles. The molecule has 0 bridgehead atoms. The van der Waals surface area contributed by atoms with Gasteiger partial charge in [-0.1, -0.05) is 35.9 Å². The zero-order valence-electron chi connectivity index (χ0n) is 12.9. The van der Waals surface area contributed by atoms with Crippen LogP contribution in [-0.4, -0.2) is 24.4 Å². The number of halogens is 2. The maximum atomic E-state index is 13.7. The topological polar surface area (TPSA) is 32.3 Å². The molecule has 0 saturated heterocycles. The second kappa shape index (κ2) is 6.69. The zero-order chi connectivity index (χ0) is 16.4. The molecule has 1 amide bonds. The van der Waals surface area contributed by atoms with Crippen LogP contribution in [0.5, 0.6) is 0 Å². The fourth-order valence-corrected chi connectivity index (χ4v) is 3.27. The Kier molecular flexibility index (Phi) is 4.64. The summed E-state index contributed by atoms with van der Waals surface area (Å²) in [6.07, 6.45) is 2.02. The van der Waals surface area contributed by atoms with Gasteiger partial charge in [-0.25, -0.2) is 4.39 Å². The summed E-state index contributed by atoms with van der Waals surface area (Å²) in [7, 11) is 1.92. The Morgan fingerprint density at radius 1 is 1.35 bits per heavy atom. The highest BCUT2D eigenvalue weighted by Gasteiger charge is 2.26. The molecule has 120 valence electrons. The summed E-state index contributed by atoms with van der Waals surface area (Å²) in [6, 6.07) is 12.7. The van der Waals surface area contributed by atoms with Crippen LogP contribution >= 0.6 is 11.6 Å². The Morgan fingerprint density at radius 3 is 2.91 bits per heavy atom. The molecule has 0 heterocycles. The Hall–Kier alpha value is -1.91. The van der Waals surface area contributed by atoms with Crippen LogP contribution < -0.4 is 5.32 Å². The molecule has 1 atom stereocenters. The van der Waals surface area contributed by atoms with Crippen molar-refractivity contribution in [3.05, 3.63) is 64.4 Å². The van der Waals surface area contributed by atoms with E-state index in [0.717, 1.165) is 12.8 Å². The minimum atomic E-state index is -0.528. The summed E-state index contributed by atoms with van der Waals surface area (Å²) in [5.74, 6) is -0.766. The van der Waals surface area contributed by atoms with Crippen molar-refractivity contribution in [2.75, 3.05) is 18.9 Å². The number of hydrogen-bond donors (Lipinski definition) is 1. The van der Waals surface area contributed by atoms with Crippen molar-refractivity contribution in [3.63, 3.8) is 0 Å². The van der Waals surface area contributed by atoms with E-state index in [4.69, 9.17) is 11.6 Å². The fourth-order valence-electron chi connectivity index (χ4n) is 3.11. The van der Waals surface area contributed by atoms with Crippen molar-refractivity contribution in [2.45, 2.75) is 18.9 Å². The van der Waals surface area contributed by atoms with Gasteiger partial charge in [0, 0.05) is 11.1 Å². The van der Waals surface area contributed by atoms with Gasteiger partial charge in [0.15, 0.2) is 0 Å². The summed E-state index contributed by atoms with van der Waals surface area (Å²) in [5.41, 5.74) is 2.77. The van der Waals surface area contributed by atoms with Gasteiger partial charge in [-0.05, 0) is 49.2 Å². The van der Waals surface area contributed by atoms with Gasteiger partial charge in [0.05, 0.1) is 12.2 Å². The molecule has 5 heteroatoms. The third-order valence-corrected chi connectivity index (χ3v) is 4.47. The number of nitrogens with zero attached hydrogens (tertiary/aromatic N) is 1. The standard InChI is InChI=1S/C18H18ClFN2O/c1-22(17-9-6-12-4-2-3-5-14(12)17)11-18(23)21-16-8-7-13(19)10-15(16)20/h2-5,7-8,10,17H,6,9,11H2,1H3,(H,21,23). The van der Waals surface area contributed by atoms with Crippen LogP contribution in [0.4, 0.5) is 10.1 Å². The number of carbonyl (C=O) groups is 1. The summed E-state index contributed by atoms with van der Waals surface area (Å²) >= 11 is 5.71. The number of anilines is 1. The van der Waals surface area contributed by atoms with E-state index in [0.29, 0.717) is 5.02 Å². The first-order valence-corrected chi connectivity index (χ1v) is 7.95. The highest BCUT2D eigenvalue weighted by atomic mass is 35.5. The number of fused-ring (bicyclic) bond motifs is 1. The molecule has 1 aliphatic rings. The fraction of sp³-hybridized carbons (Fsp3) is 0.278. The van der Waals surface area contributed by atoms with Crippen LogP contribution in [0.3, 0.4) is 0 Å². The molecule has 1 N–H and O–H groups in total. The smallest absolute Gasteiger partial charge is 0.238 e. The maximum Gasteiger partial charge on any atom is 0.238 e. The first-order chi connectivity index (χ1) is 11.0. The molecular formula is C18H18ClFN2O. The first-order valence-electron chi connectivity index (χ1n) is 7.57. The van der Waals surface area contributed by atoms with Crippen molar-refractivity contribution >= 4 is 23.2 Å². The molecule has 2 aromatic rings. The van der Waals surface area contributed by atoms with E-state index in [1.54, 1.807) is 6.07 Å². The molecule has 3 nitrogen and oxygen atoms in total. The largest absolute Gasteiger partial charge is 0.322 e. The van der Waals surface area contributed by atoms with Gasteiger partial charge < -0.3 is 5.32 Å². The summed E-state index contributed by atoms with van der Waals surface area (Å²) < 4.78 is 13.7. The van der Waals surface area contributed by atoms with Crippen LogP contribution in [0, 0.1) is 5.82 Å². The minimum Gasteiger partial charge on any atom is -0.322 e. The maximum absolute atomic E-state index is 13.7. The average molecular weight is 333 g/mol. The number of benzene rings is 2. The molecule has 0 aliphatic heterocycles. The van der Waals surface area contributed by atoms with Gasteiger partial charge in [0.25, 0.3) is 0 Å². The zero-order valence-corrected chi connectivity index (χ0v) is 13.6. The van der Waals surface area contributed by atoms with Crippen LogP contribution in [0.25, 0.3) is 0 Å². The third kappa shape index (κ3) is 3.54. The number of nitrogens with one attached hydrogen (secondary N) is 1. The van der Waals surface area contributed by atoms with Gasteiger partial charge in [-0.3, -0.25) is 9.69 Å². The van der Waals surface area contributed by atoms with Crippen LogP contribution in [0.2, 0.25) is 5.02 Å². The van der Waals surface area contributed by atoms with Gasteiger partial charge in [0.1, 0.15) is 5.82 Å². The van der Waals surface area contributed by atoms with Crippen molar-refractivity contribution in [1.29, 1.82) is 0 Å². The van der Waals surface area contributed by atoms with E-state index in [2.05, 4.69) is 17.4 Å². The number of likely N-dealkylation sites (N-methyl/N-ethyl adjacent to an activating group) is 1. The molecule has 1 unspecified atom stereocenters. The van der Waals surface area contributed by atoms with Gasteiger partial charge in [0.2, 0.25) is 5.91 Å². The summed E-state index contributed by atoms with van der Waals surface area (Å²) in [5, 5.41) is 2.91. The second-order valence-electron chi connectivity index (χ2n) is 5.84. The van der Waals surface area contributed by atoms with Crippen molar-refractivity contribution < 1.29 is 9.18 Å². The highest BCUT2D eigenvalue weighted by Crippen LogP contribution is 2.34. The van der Waals surface area contributed by atoms with Gasteiger partial charge >= 0.3 is 0 Å². The number of rotatable bonds is 4. The molecule has 0 aromatic heterocycles.